The van der Waals surface area contributed by atoms with E-state index in [0.29, 0.717) is 6.07 Å². The Kier molecular flexibility index (Phi) is 4.10. The van der Waals surface area contributed by atoms with Crippen LogP contribution in [0.3, 0.4) is 0 Å². The van der Waals surface area contributed by atoms with Crippen LogP contribution in [0.25, 0.3) is 0 Å². The number of ether oxygens (including phenoxy) is 1. The van der Waals surface area contributed by atoms with Gasteiger partial charge in [0, 0.05) is 6.07 Å². The molecule has 2 aromatic carbocycles. The maximum absolute atomic E-state index is 13.5. The van der Waals surface area contributed by atoms with Gasteiger partial charge in [0.1, 0.15) is 5.82 Å². The van der Waals surface area contributed by atoms with Crippen LogP contribution in [-0.2, 0) is 10.0 Å². The summed E-state index contributed by atoms with van der Waals surface area (Å²) < 4.78 is 56.8. The Hall–Kier alpha value is -2.19. The highest BCUT2D eigenvalue weighted by Gasteiger charge is 2.14. The third-order valence-electron chi connectivity index (χ3n) is 2.67. The Morgan fingerprint density at radius 2 is 1.76 bits per heavy atom. The number of nitrogens with one attached hydrogen (secondary N) is 1. The average molecular weight is 314 g/mol. The van der Waals surface area contributed by atoms with Crippen molar-refractivity contribution in [3.05, 3.63) is 48.0 Å². The lowest BCUT2D eigenvalue weighted by molar-refractivity contribution is 0.439. The topological polar surface area (TPSA) is 81.4 Å². The minimum Gasteiger partial charge on any atom is -0.452 e. The molecule has 0 atom stereocenters. The first-order valence-corrected chi connectivity index (χ1v) is 7.28. The molecule has 2 aromatic rings. The summed E-state index contributed by atoms with van der Waals surface area (Å²) in [6, 6.07) is 6.56. The first kappa shape index (κ1) is 15.2. The van der Waals surface area contributed by atoms with E-state index in [9.17, 15) is 17.2 Å². The molecule has 0 saturated carbocycles. The molecule has 5 nitrogen and oxygen atoms in total. The van der Waals surface area contributed by atoms with Crippen LogP contribution in [0.4, 0.5) is 14.5 Å². The van der Waals surface area contributed by atoms with E-state index in [4.69, 9.17) is 10.5 Å². The fourth-order valence-electron chi connectivity index (χ4n) is 1.58. The number of hydrogen-bond donors (Lipinski definition) is 2. The summed E-state index contributed by atoms with van der Waals surface area (Å²) in [5.74, 6) is -1.77. The van der Waals surface area contributed by atoms with Gasteiger partial charge in [-0.05, 0) is 37.4 Å². The minimum atomic E-state index is -3.63. The van der Waals surface area contributed by atoms with Crippen LogP contribution < -0.4 is 15.2 Å². The van der Waals surface area contributed by atoms with Gasteiger partial charge in [0.05, 0.1) is 10.6 Å². The lowest BCUT2D eigenvalue weighted by Crippen LogP contribution is -2.18. The van der Waals surface area contributed by atoms with Crippen molar-refractivity contribution >= 4 is 15.7 Å². The van der Waals surface area contributed by atoms with E-state index < -0.39 is 21.7 Å². The monoisotopic (exact) mass is 314 g/mol. The van der Waals surface area contributed by atoms with Gasteiger partial charge in [0.25, 0.3) is 0 Å². The molecule has 0 heterocycles. The zero-order valence-corrected chi connectivity index (χ0v) is 11.7. The van der Waals surface area contributed by atoms with Crippen LogP contribution in [0, 0.1) is 11.6 Å². The Balaban J connectivity index is 2.34. The molecule has 0 aliphatic rings. The molecule has 8 heteroatoms. The lowest BCUT2D eigenvalue weighted by Gasteiger charge is -2.11. The first-order chi connectivity index (χ1) is 9.83. The van der Waals surface area contributed by atoms with Gasteiger partial charge in [-0.2, -0.15) is 0 Å². The minimum absolute atomic E-state index is 0.00931. The second-order valence-electron chi connectivity index (χ2n) is 4.08. The number of hydrogen-bond acceptors (Lipinski definition) is 4. The number of benzene rings is 2. The summed E-state index contributed by atoms with van der Waals surface area (Å²) in [5, 5.41) is 0. The standard InChI is InChI=1S/C13H12F2N2O3S/c1-17-21(18,19)9-3-5-13(11(16)7-9)20-12-4-2-8(14)6-10(12)15/h2-7,17H,16H2,1H3. The molecule has 0 amide bonds. The largest absolute Gasteiger partial charge is 0.452 e. The van der Waals surface area contributed by atoms with Gasteiger partial charge in [-0.1, -0.05) is 0 Å². The molecule has 0 unspecified atom stereocenters. The van der Waals surface area contributed by atoms with E-state index in [1.807, 2.05) is 0 Å². The van der Waals surface area contributed by atoms with E-state index in [0.717, 1.165) is 12.1 Å². The molecular formula is C13H12F2N2O3S. The second kappa shape index (κ2) is 5.66. The fraction of sp³-hybridized carbons (Fsp3) is 0.0769. The zero-order chi connectivity index (χ0) is 15.6. The van der Waals surface area contributed by atoms with Crippen molar-refractivity contribution in [1.29, 1.82) is 0 Å². The van der Waals surface area contributed by atoms with E-state index in [1.165, 1.54) is 25.2 Å². The maximum atomic E-state index is 13.5. The van der Waals surface area contributed by atoms with E-state index in [-0.39, 0.29) is 22.1 Å². The first-order valence-electron chi connectivity index (χ1n) is 5.79. The molecular weight excluding hydrogens is 302 g/mol. The number of sulfonamides is 1. The number of nitrogens with two attached hydrogens (primary N) is 1. The second-order valence-corrected chi connectivity index (χ2v) is 5.97. The Morgan fingerprint density at radius 3 is 2.33 bits per heavy atom. The molecule has 0 radical (unpaired) electrons. The van der Waals surface area contributed by atoms with Gasteiger partial charge in [0.15, 0.2) is 17.3 Å². The van der Waals surface area contributed by atoms with Gasteiger partial charge in [0.2, 0.25) is 10.0 Å². The highest BCUT2D eigenvalue weighted by Crippen LogP contribution is 2.31. The van der Waals surface area contributed by atoms with Crippen LogP contribution in [0.1, 0.15) is 0 Å². The van der Waals surface area contributed by atoms with Crippen molar-refractivity contribution in [2.75, 3.05) is 12.8 Å². The third-order valence-corrected chi connectivity index (χ3v) is 4.09. The van der Waals surface area contributed by atoms with Gasteiger partial charge in [-0.15, -0.1) is 0 Å². The third kappa shape index (κ3) is 3.29. The highest BCUT2D eigenvalue weighted by molar-refractivity contribution is 7.89. The normalized spacial score (nSPS) is 11.4. The summed E-state index contributed by atoms with van der Waals surface area (Å²) in [4.78, 5) is -0.0468. The number of halogens is 2. The lowest BCUT2D eigenvalue weighted by atomic mass is 10.3. The van der Waals surface area contributed by atoms with Gasteiger partial charge < -0.3 is 10.5 Å². The molecule has 21 heavy (non-hydrogen) atoms. The summed E-state index contributed by atoms with van der Waals surface area (Å²) in [6.07, 6.45) is 0. The van der Waals surface area contributed by atoms with Crippen molar-refractivity contribution in [3.63, 3.8) is 0 Å². The molecule has 0 spiro atoms. The molecule has 0 fully saturated rings. The van der Waals surface area contributed by atoms with E-state index >= 15 is 0 Å². The molecule has 0 aliphatic heterocycles. The molecule has 2 rings (SSSR count). The molecule has 3 N–H and O–H groups in total. The Bertz CT molecular complexity index is 779. The summed E-state index contributed by atoms with van der Waals surface area (Å²) in [5.41, 5.74) is 5.70. The van der Waals surface area contributed by atoms with Crippen molar-refractivity contribution in [2.45, 2.75) is 4.90 Å². The summed E-state index contributed by atoms with van der Waals surface area (Å²) in [7, 11) is -2.37. The SMILES string of the molecule is CNS(=O)(=O)c1ccc(Oc2ccc(F)cc2F)c(N)c1. The maximum Gasteiger partial charge on any atom is 0.240 e. The predicted molar refractivity (Wildman–Crippen MR) is 73.5 cm³/mol. The molecule has 0 aliphatic carbocycles. The molecule has 0 aromatic heterocycles. The highest BCUT2D eigenvalue weighted by atomic mass is 32.2. The summed E-state index contributed by atoms with van der Waals surface area (Å²) >= 11 is 0. The fourth-order valence-corrected chi connectivity index (χ4v) is 2.35. The quantitative estimate of drug-likeness (QED) is 0.848. The Morgan fingerprint density at radius 1 is 1.10 bits per heavy atom. The van der Waals surface area contributed by atoms with E-state index in [1.54, 1.807) is 0 Å². The van der Waals surface area contributed by atoms with Gasteiger partial charge in [-0.3, -0.25) is 0 Å². The summed E-state index contributed by atoms with van der Waals surface area (Å²) in [6.45, 7) is 0. The van der Waals surface area contributed by atoms with Crippen molar-refractivity contribution in [2.24, 2.45) is 0 Å². The predicted octanol–water partition coefficient (Wildman–Crippen LogP) is 2.25. The molecule has 112 valence electrons. The zero-order valence-electron chi connectivity index (χ0n) is 10.9. The molecule has 0 bridgehead atoms. The molecule has 0 saturated heterocycles. The smallest absolute Gasteiger partial charge is 0.240 e. The van der Waals surface area contributed by atoms with Crippen LogP contribution in [0.2, 0.25) is 0 Å². The van der Waals surface area contributed by atoms with Crippen molar-refractivity contribution < 1.29 is 21.9 Å². The van der Waals surface area contributed by atoms with Crippen LogP contribution >= 0.6 is 0 Å². The van der Waals surface area contributed by atoms with Crippen molar-refractivity contribution in [3.8, 4) is 11.5 Å². The number of rotatable bonds is 4. The van der Waals surface area contributed by atoms with Gasteiger partial charge in [-0.25, -0.2) is 21.9 Å². The van der Waals surface area contributed by atoms with Crippen LogP contribution in [0.15, 0.2) is 41.3 Å². The van der Waals surface area contributed by atoms with Gasteiger partial charge >= 0.3 is 0 Å². The van der Waals surface area contributed by atoms with Crippen LogP contribution in [0.5, 0.6) is 11.5 Å². The number of anilines is 1. The van der Waals surface area contributed by atoms with Crippen molar-refractivity contribution in [1.82, 2.24) is 4.72 Å². The van der Waals surface area contributed by atoms with E-state index in [2.05, 4.69) is 4.72 Å². The van der Waals surface area contributed by atoms with Crippen LogP contribution in [-0.4, -0.2) is 15.5 Å². The number of nitrogen functional groups attached to an aromatic ring is 1. The Labute approximate surface area is 120 Å². The average Bonchev–Trinajstić information content (AvgIpc) is 2.43.